The van der Waals surface area contributed by atoms with Crippen molar-refractivity contribution in [1.82, 2.24) is 14.6 Å². The zero-order valence-electron chi connectivity index (χ0n) is 18.1. The van der Waals surface area contributed by atoms with Crippen LogP contribution in [-0.4, -0.2) is 41.7 Å². The van der Waals surface area contributed by atoms with Crippen molar-refractivity contribution < 1.29 is 19.0 Å². The van der Waals surface area contributed by atoms with Crippen molar-refractivity contribution in [2.24, 2.45) is 0 Å². The van der Waals surface area contributed by atoms with E-state index in [1.165, 1.54) is 4.88 Å². The normalized spacial score (nSPS) is 15.7. The third-order valence-electron chi connectivity index (χ3n) is 5.89. The Morgan fingerprint density at radius 3 is 2.69 bits per heavy atom. The van der Waals surface area contributed by atoms with Gasteiger partial charge in [0, 0.05) is 30.5 Å². The van der Waals surface area contributed by atoms with E-state index in [-0.39, 0.29) is 11.7 Å². The summed E-state index contributed by atoms with van der Waals surface area (Å²) in [5.74, 6) is 1.53. The fourth-order valence-corrected chi connectivity index (χ4v) is 5.22. The van der Waals surface area contributed by atoms with Crippen LogP contribution >= 0.6 is 11.3 Å². The molecule has 8 heteroatoms. The van der Waals surface area contributed by atoms with Crippen molar-refractivity contribution in [3.8, 4) is 22.6 Å². The predicted molar refractivity (Wildman–Crippen MR) is 122 cm³/mol. The van der Waals surface area contributed by atoms with Crippen LogP contribution in [0.2, 0.25) is 0 Å². The van der Waals surface area contributed by atoms with Crippen LogP contribution in [0.3, 0.4) is 0 Å². The molecule has 0 radical (unpaired) electrons. The molecule has 7 nitrogen and oxygen atoms in total. The highest BCUT2D eigenvalue weighted by atomic mass is 32.1. The van der Waals surface area contributed by atoms with Crippen LogP contribution in [0.25, 0.3) is 16.8 Å². The van der Waals surface area contributed by atoms with Gasteiger partial charge in [-0.3, -0.25) is 4.79 Å². The first kappa shape index (κ1) is 20.7. The molecule has 1 atom stereocenters. The average Bonchev–Trinajstić information content (AvgIpc) is 3.47. The Bertz CT molecular complexity index is 1300. The topological polar surface area (TPSA) is 75.0 Å². The maximum atomic E-state index is 12.9. The molecular formula is C24H23N3O4S. The Morgan fingerprint density at radius 2 is 1.97 bits per heavy atom. The number of methoxy groups -OCH3 is 3. The molecule has 0 spiro atoms. The summed E-state index contributed by atoms with van der Waals surface area (Å²) in [6, 6.07) is 9.86. The van der Waals surface area contributed by atoms with Crippen molar-refractivity contribution in [1.29, 1.82) is 0 Å². The van der Waals surface area contributed by atoms with Gasteiger partial charge in [0.25, 0.3) is 0 Å². The second-order valence-corrected chi connectivity index (χ2v) is 8.70. The number of carbonyl (C=O) groups is 1. The number of nitrogens with zero attached hydrogens (tertiary/aromatic N) is 3. The van der Waals surface area contributed by atoms with Crippen LogP contribution in [0.1, 0.15) is 39.0 Å². The molecule has 0 saturated heterocycles. The molecule has 1 aromatic carbocycles. The van der Waals surface area contributed by atoms with E-state index in [2.05, 4.69) is 16.4 Å². The van der Waals surface area contributed by atoms with Gasteiger partial charge in [-0.25, -0.2) is 9.50 Å². The summed E-state index contributed by atoms with van der Waals surface area (Å²) in [7, 11) is 4.86. The summed E-state index contributed by atoms with van der Waals surface area (Å²) in [4.78, 5) is 18.8. The molecule has 0 fully saturated rings. The van der Waals surface area contributed by atoms with Gasteiger partial charge in [0.2, 0.25) is 0 Å². The molecule has 0 N–H and O–H groups in total. The lowest BCUT2D eigenvalue weighted by Gasteiger charge is -2.23. The molecule has 0 saturated carbocycles. The standard InChI is InChI=1S/C24H23N3O4S/c1-29-13-17-23(14-6-7-20(30-2)21(11-14)31-3)24-25-12-16-18(27(24)26-17)9-15(10-19(16)28)22-5-4-8-32-22/h4-8,11-12,15H,9-10,13H2,1-3H3/t15-/m1/s1. The highest BCUT2D eigenvalue weighted by molar-refractivity contribution is 7.10. The van der Waals surface area contributed by atoms with Crippen molar-refractivity contribution >= 4 is 22.8 Å². The van der Waals surface area contributed by atoms with Crippen LogP contribution < -0.4 is 9.47 Å². The Balaban J connectivity index is 1.70. The smallest absolute Gasteiger partial charge is 0.166 e. The number of ketones is 1. The van der Waals surface area contributed by atoms with Crippen LogP contribution in [0.4, 0.5) is 0 Å². The largest absolute Gasteiger partial charge is 0.493 e. The highest BCUT2D eigenvalue weighted by Crippen LogP contribution is 2.38. The minimum atomic E-state index is 0.107. The van der Waals surface area contributed by atoms with Crippen molar-refractivity contribution in [2.75, 3.05) is 21.3 Å². The summed E-state index contributed by atoms with van der Waals surface area (Å²) >= 11 is 1.69. The maximum absolute atomic E-state index is 12.9. The van der Waals surface area contributed by atoms with Gasteiger partial charge in [-0.15, -0.1) is 11.3 Å². The summed E-state index contributed by atoms with van der Waals surface area (Å²) in [5.41, 5.74) is 4.76. The number of thiophene rings is 1. The lowest BCUT2D eigenvalue weighted by molar-refractivity contribution is 0.0962. The SMILES string of the molecule is COCc1nn2c3c(cnc2c1-c1ccc(OC)c(OC)c1)C(=O)C[C@H](c1cccs1)C3. The van der Waals surface area contributed by atoms with Crippen LogP contribution in [0.15, 0.2) is 41.9 Å². The van der Waals surface area contributed by atoms with E-state index >= 15 is 0 Å². The van der Waals surface area contributed by atoms with Gasteiger partial charge in [-0.1, -0.05) is 12.1 Å². The molecule has 0 bridgehead atoms. The lowest BCUT2D eigenvalue weighted by atomic mass is 9.85. The minimum absolute atomic E-state index is 0.107. The number of Topliss-reactive ketones (excluding diaryl/α,β-unsaturated/α-hetero) is 1. The van der Waals surface area contributed by atoms with Crippen molar-refractivity contribution in [2.45, 2.75) is 25.4 Å². The number of hydrogen-bond acceptors (Lipinski definition) is 7. The molecule has 4 aromatic rings. The minimum Gasteiger partial charge on any atom is -0.493 e. The average molecular weight is 450 g/mol. The number of aromatic nitrogens is 3. The molecule has 1 aliphatic carbocycles. The van der Waals surface area contributed by atoms with Gasteiger partial charge < -0.3 is 14.2 Å². The van der Waals surface area contributed by atoms with E-state index in [4.69, 9.17) is 19.3 Å². The number of hydrogen-bond donors (Lipinski definition) is 0. The molecule has 32 heavy (non-hydrogen) atoms. The van der Waals surface area contributed by atoms with Crippen LogP contribution in [-0.2, 0) is 17.8 Å². The van der Waals surface area contributed by atoms with E-state index in [9.17, 15) is 4.79 Å². The number of rotatable bonds is 6. The van der Waals surface area contributed by atoms with Crippen LogP contribution in [0.5, 0.6) is 11.5 Å². The molecule has 5 rings (SSSR count). The van der Waals surface area contributed by atoms with Gasteiger partial charge in [-0.2, -0.15) is 5.10 Å². The first-order valence-electron chi connectivity index (χ1n) is 10.3. The maximum Gasteiger partial charge on any atom is 0.166 e. The number of carbonyl (C=O) groups excluding carboxylic acids is 1. The Hall–Kier alpha value is -3.23. The van der Waals surface area contributed by atoms with E-state index in [1.807, 2.05) is 28.8 Å². The van der Waals surface area contributed by atoms with E-state index in [0.717, 1.165) is 28.9 Å². The quantitative estimate of drug-likeness (QED) is 0.430. The van der Waals surface area contributed by atoms with Crippen LogP contribution in [0, 0.1) is 0 Å². The summed E-state index contributed by atoms with van der Waals surface area (Å²) < 4.78 is 18.2. The van der Waals surface area contributed by atoms with E-state index in [0.29, 0.717) is 35.7 Å². The predicted octanol–water partition coefficient (Wildman–Crippen LogP) is 4.53. The monoisotopic (exact) mass is 449 g/mol. The zero-order chi connectivity index (χ0) is 22.2. The Labute approximate surface area is 189 Å². The van der Waals surface area contributed by atoms with Gasteiger partial charge in [0.1, 0.15) is 0 Å². The zero-order valence-corrected chi connectivity index (χ0v) is 18.9. The molecule has 0 unspecified atom stereocenters. The second kappa shape index (κ2) is 8.37. The first-order valence-corrected chi connectivity index (χ1v) is 11.2. The molecule has 3 aromatic heterocycles. The van der Waals surface area contributed by atoms with Gasteiger partial charge in [-0.05, 0) is 35.6 Å². The third kappa shape index (κ3) is 3.36. The molecule has 1 aliphatic rings. The van der Waals surface area contributed by atoms with Crippen molar-refractivity contribution in [3.05, 3.63) is 63.7 Å². The molecule has 0 aliphatic heterocycles. The summed E-state index contributed by atoms with van der Waals surface area (Å²) in [6.45, 7) is 0.324. The Kier molecular flexibility index (Phi) is 5.40. The molecule has 3 heterocycles. The fourth-order valence-electron chi connectivity index (χ4n) is 4.39. The number of fused-ring (bicyclic) bond motifs is 3. The molecule has 164 valence electrons. The number of ether oxygens (including phenoxy) is 3. The number of benzene rings is 1. The first-order chi connectivity index (χ1) is 15.6. The van der Waals surface area contributed by atoms with E-state index < -0.39 is 0 Å². The van der Waals surface area contributed by atoms with Gasteiger partial charge >= 0.3 is 0 Å². The summed E-state index contributed by atoms with van der Waals surface area (Å²) in [5, 5.41) is 6.90. The highest BCUT2D eigenvalue weighted by Gasteiger charge is 2.31. The lowest BCUT2D eigenvalue weighted by Crippen LogP contribution is -2.22. The molecular weight excluding hydrogens is 426 g/mol. The van der Waals surface area contributed by atoms with E-state index in [1.54, 1.807) is 38.9 Å². The third-order valence-corrected chi connectivity index (χ3v) is 6.92. The van der Waals surface area contributed by atoms with Crippen molar-refractivity contribution in [3.63, 3.8) is 0 Å². The summed E-state index contributed by atoms with van der Waals surface area (Å²) in [6.07, 6.45) is 2.93. The van der Waals surface area contributed by atoms with Gasteiger partial charge in [0.05, 0.1) is 43.3 Å². The van der Waals surface area contributed by atoms with Gasteiger partial charge in [0.15, 0.2) is 22.9 Å². The second-order valence-electron chi connectivity index (χ2n) is 7.72. The Morgan fingerprint density at radius 1 is 1.12 bits per heavy atom. The fraction of sp³-hybridized carbons (Fsp3) is 0.292. The molecule has 0 amide bonds.